The van der Waals surface area contributed by atoms with Crippen LogP contribution in [0.2, 0.25) is 0 Å². The molecule has 23 heavy (non-hydrogen) atoms. The first-order valence-corrected chi connectivity index (χ1v) is 7.53. The molecule has 2 N–H and O–H groups in total. The molecule has 2 atom stereocenters. The van der Waals surface area contributed by atoms with Gasteiger partial charge in [0.25, 0.3) is 0 Å². The molecule has 1 amide bonds. The van der Waals surface area contributed by atoms with Gasteiger partial charge >= 0.3 is 6.18 Å². The summed E-state index contributed by atoms with van der Waals surface area (Å²) in [6.45, 7) is 1.83. The average molecular weight is 326 g/mol. The molecule has 1 fully saturated rings. The van der Waals surface area contributed by atoms with Crippen molar-refractivity contribution in [3.63, 3.8) is 0 Å². The fraction of sp³-hybridized carbons (Fsp3) is 0.533. The number of pyridine rings is 1. The van der Waals surface area contributed by atoms with Gasteiger partial charge in [0.2, 0.25) is 5.91 Å². The summed E-state index contributed by atoms with van der Waals surface area (Å²) in [5.41, 5.74) is 1.83. The van der Waals surface area contributed by atoms with Gasteiger partial charge in [0.05, 0.1) is 17.8 Å². The molecule has 0 aromatic carbocycles. The summed E-state index contributed by atoms with van der Waals surface area (Å²) >= 11 is 0. The van der Waals surface area contributed by atoms with E-state index in [1.165, 1.54) is 6.20 Å². The van der Waals surface area contributed by atoms with Crippen molar-refractivity contribution in [3.05, 3.63) is 18.0 Å². The number of amides is 1. The van der Waals surface area contributed by atoms with Crippen molar-refractivity contribution < 1.29 is 18.0 Å². The first-order valence-electron chi connectivity index (χ1n) is 7.53. The zero-order valence-electron chi connectivity index (χ0n) is 12.6. The molecule has 1 aliphatic carbocycles. The van der Waals surface area contributed by atoms with Gasteiger partial charge in [0, 0.05) is 17.0 Å². The van der Waals surface area contributed by atoms with E-state index in [-0.39, 0.29) is 18.7 Å². The first kappa shape index (κ1) is 15.8. The van der Waals surface area contributed by atoms with E-state index in [2.05, 4.69) is 20.5 Å². The molecule has 2 heterocycles. The second kappa shape index (κ2) is 5.82. The quantitative estimate of drug-likeness (QED) is 0.886. The number of anilines is 1. The van der Waals surface area contributed by atoms with Crippen LogP contribution in [-0.4, -0.2) is 27.3 Å². The number of aryl methyl sites for hydroxylation is 1. The Bertz CT molecular complexity index is 725. The minimum Gasteiger partial charge on any atom is -0.324 e. The van der Waals surface area contributed by atoms with Crippen LogP contribution < -0.4 is 5.32 Å². The van der Waals surface area contributed by atoms with Crippen LogP contribution in [0.25, 0.3) is 11.0 Å². The fourth-order valence-electron chi connectivity index (χ4n) is 3.06. The lowest BCUT2D eigenvalue weighted by Crippen LogP contribution is -2.34. The molecule has 2 aromatic heterocycles. The van der Waals surface area contributed by atoms with E-state index in [4.69, 9.17) is 0 Å². The van der Waals surface area contributed by atoms with Crippen LogP contribution in [0, 0.1) is 18.8 Å². The molecule has 0 bridgehead atoms. The molecule has 8 heteroatoms. The molecule has 3 rings (SSSR count). The van der Waals surface area contributed by atoms with Crippen molar-refractivity contribution in [1.82, 2.24) is 15.2 Å². The van der Waals surface area contributed by atoms with E-state index in [1.807, 2.05) is 6.92 Å². The molecule has 0 spiro atoms. The Balaban J connectivity index is 1.71. The summed E-state index contributed by atoms with van der Waals surface area (Å²) < 4.78 is 38.5. The highest BCUT2D eigenvalue weighted by atomic mass is 19.4. The maximum atomic E-state index is 12.8. The van der Waals surface area contributed by atoms with E-state index >= 15 is 0 Å². The number of carbonyl (C=O) groups excluding carboxylic acids is 1. The highest BCUT2D eigenvalue weighted by Crippen LogP contribution is 2.40. The van der Waals surface area contributed by atoms with E-state index in [0.29, 0.717) is 24.2 Å². The highest BCUT2D eigenvalue weighted by molar-refractivity contribution is 5.94. The number of hydrogen-bond acceptors (Lipinski definition) is 3. The van der Waals surface area contributed by atoms with Gasteiger partial charge in [0.15, 0.2) is 5.65 Å². The largest absolute Gasteiger partial charge is 0.391 e. The third kappa shape index (κ3) is 3.30. The molecule has 0 aliphatic heterocycles. The van der Waals surface area contributed by atoms with Crippen LogP contribution in [0.3, 0.4) is 0 Å². The van der Waals surface area contributed by atoms with Crippen LogP contribution in [-0.2, 0) is 4.79 Å². The Morgan fingerprint density at radius 1 is 1.39 bits per heavy atom. The average Bonchev–Trinajstić information content (AvgIpc) is 2.88. The Morgan fingerprint density at radius 2 is 2.17 bits per heavy atom. The predicted octanol–water partition coefficient (Wildman–Crippen LogP) is 3.57. The lowest BCUT2D eigenvalue weighted by atomic mass is 9.80. The summed E-state index contributed by atoms with van der Waals surface area (Å²) in [4.78, 5) is 16.4. The molecular formula is C15H17F3N4O. The van der Waals surface area contributed by atoms with Crippen molar-refractivity contribution in [2.45, 2.75) is 38.8 Å². The van der Waals surface area contributed by atoms with Crippen molar-refractivity contribution in [1.29, 1.82) is 0 Å². The van der Waals surface area contributed by atoms with Gasteiger partial charge in [-0.3, -0.25) is 9.89 Å². The second-order valence-corrected chi connectivity index (χ2v) is 6.04. The molecule has 0 radical (unpaired) electrons. The number of aromatic nitrogens is 3. The van der Waals surface area contributed by atoms with E-state index in [0.717, 1.165) is 11.1 Å². The fourth-order valence-corrected chi connectivity index (χ4v) is 3.06. The molecule has 2 aromatic rings. The maximum Gasteiger partial charge on any atom is 0.391 e. The van der Waals surface area contributed by atoms with E-state index in [9.17, 15) is 18.0 Å². The molecule has 5 nitrogen and oxygen atoms in total. The van der Waals surface area contributed by atoms with Crippen molar-refractivity contribution in [2.75, 3.05) is 5.32 Å². The lowest BCUT2D eigenvalue weighted by molar-refractivity contribution is -0.185. The maximum absolute atomic E-state index is 12.8. The van der Waals surface area contributed by atoms with Crippen molar-refractivity contribution in [3.8, 4) is 0 Å². The molecule has 0 saturated heterocycles. The van der Waals surface area contributed by atoms with Gasteiger partial charge in [-0.2, -0.15) is 18.3 Å². The number of nitrogens with zero attached hydrogens (tertiary/aromatic N) is 2. The summed E-state index contributed by atoms with van der Waals surface area (Å²) in [6.07, 6.45) is -1.90. The Kier molecular flexibility index (Phi) is 3.99. The normalized spacial score (nSPS) is 22.3. The summed E-state index contributed by atoms with van der Waals surface area (Å²) in [7, 11) is 0. The van der Waals surface area contributed by atoms with Crippen LogP contribution >= 0.6 is 0 Å². The number of alkyl halides is 3. The number of rotatable bonds is 2. The van der Waals surface area contributed by atoms with Gasteiger partial charge < -0.3 is 5.32 Å². The third-order valence-electron chi connectivity index (χ3n) is 4.38. The van der Waals surface area contributed by atoms with E-state index < -0.39 is 18.0 Å². The van der Waals surface area contributed by atoms with Gasteiger partial charge in [-0.15, -0.1) is 0 Å². The van der Waals surface area contributed by atoms with Crippen LogP contribution in [0.4, 0.5) is 18.9 Å². The highest BCUT2D eigenvalue weighted by Gasteiger charge is 2.43. The zero-order valence-corrected chi connectivity index (χ0v) is 12.6. The Hall–Kier alpha value is -2.12. The van der Waals surface area contributed by atoms with Crippen molar-refractivity contribution >= 4 is 22.6 Å². The molecule has 1 saturated carbocycles. The van der Waals surface area contributed by atoms with Crippen LogP contribution in [0.5, 0.6) is 0 Å². The topological polar surface area (TPSA) is 70.7 Å². The molecular weight excluding hydrogens is 309 g/mol. The lowest BCUT2D eigenvalue weighted by Gasteiger charge is -2.29. The van der Waals surface area contributed by atoms with Crippen LogP contribution in [0.1, 0.15) is 31.4 Å². The second-order valence-electron chi connectivity index (χ2n) is 6.04. The summed E-state index contributed by atoms with van der Waals surface area (Å²) in [6, 6.07) is 1.73. The molecule has 1 aliphatic rings. The number of carbonyl (C=O) groups is 1. The minimum absolute atomic E-state index is 0.106. The van der Waals surface area contributed by atoms with Gasteiger partial charge in [-0.25, -0.2) is 4.98 Å². The zero-order chi connectivity index (χ0) is 16.6. The predicted molar refractivity (Wildman–Crippen MR) is 78.8 cm³/mol. The van der Waals surface area contributed by atoms with Gasteiger partial charge in [-0.05, 0) is 32.3 Å². The number of H-pyrrole nitrogens is 1. The molecule has 0 unspecified atom stereocenters. The number of aromatic amines is 1. The first-order chi connectivity index (χ1) is 10.8. The van der Waals surface area contributed by atoms with E-state index in [1.54, 1.807) is 6.07 Å². The standard InChI is InChI=1S/C15H17F3N4O/c1-8-12-6-11(7-19-13(12)22-21-8)20-14(23)9-3-2-4-10(5-9)15(16,17)18/h6-7,9-10H,2-5H2,1H3,(H,20,23)(H,19,21,22)/t9-,10+/m1/s1. The number of fused-ring (bicyclic) bond motifs is 1. The monoisotopic (exact) mass is 326 g/mol. The molecule has 124 valence electrons. The Labute approximate surface area is 130 Å². The number of nitrogens with one attached hydrogen (secondary N) is 2. The minimum atomic E-state index is -4.23. The third-order valence-corrected chi connectivity index (χ3v) is 4.38. The summed E-state index contributed by atoms with van der Waals surface area (Å²) in [5, 5.41) is 10.2. The summed E-state index contributed by atoms with van der Waals surface area (Å²) in [5.74, 6) is -2.37. The van der Waals surface area contributed by atoms with Crippen LogP contribution in [0.15, 0.2) is 12.3 Å². The van der Waals surface area contributed by atoms with Gasteiger partial charge in [0.1, 0.15) is 0 Å². The Morgan fingerprint density at radius 3 is 2.91 bits per heavy atom. The smallest absolute Gasteiger partial charge is 0.324 e. The van der Waals surface area contributed by atoms with Gasteiger partial charge in [-0.1, -0.05) is 6.42 Å². The SMILES string of the molecule is Cc1[nH]nc2ncc(NC(=O)[C@@H]3CCC[C@H](C(F)(F)F)C3)cc12. The number of hydrogen-bond donors (Lipinski definition) is 2. The van der Waals surface area contributed by atoms with Crippen molar-refractivity contribution in [2.24, 2.45) is 11.8 Å². The number of halogens is 3.